The van der Waals surface area contributed by atoms with Crippen molar-refractivity contribution in [3.05, 3.63) is 23.9 Å². The molecule has 0 radical (unpaired) electrons. The highest BCUT2D eigenvalue weighted by atomic mass is 16.1. The second-order valence-corrected chi connectivity index (χ2v) is 4.37. The molecule has 2 N–H and O–H groups in total. The molecule has 16 heavy (non-hydrogen) atoms. The fourth-order valence-corrected chi connectivity index (χ4v) is 1.18. The van der Waals surface area contributed by atoms with E-state index in [4.69, 9.17) is 0 Å². The fourth-order valence-electron chi connectivity index (χ4n) is 1.18. The molecule has 4 nitrogen and oxygen atoms in total. The molecule has 88 valence electrons. The summed E-state index contributed by atoms with van der Waals surface area (Å²) in [7, 11) is 1.78. The monoisotopic (exact) mass is 221 g/mol. The van der Waals surface area contributed by atoms with Crippen molar-refractivity contribution in [2.24, 2.45) is 0 Å². The average molecular weight is 221 g/mol. The second-order valence-electron chi connectivity index (χ2n) is 4.37. The Hall–Kier alpha value is -1.58. The molecular weight excluding hydrogens is 202 g/mol. The van der Waals surface area contributed by atoms with E-state index in [9.17, 15) is 4.79 Å². The molecule has 0 unspecified atom stereocenters. The van der Waals surface area contributed by atoms with Crippen molar-refractivity contribution in [3.63, 3.8) is 0 Å². The summed E-state index contributed by atoms with van der Waals surface area (Å²) < 4.78 is 0. The van der Waals surface area contributed by atoms with E-state index in [1.165, 1.54) is 0 Å². The van der Waals surface area contributed by atoms with Crippen LogP contribution in [-0.2, 0) is 0 Å². The largest absolute Gasteiger partial charge is 0.373 e. The Balaban J connectivity index is 2.80. The third kappa shape index (κ3) is 3.22. The maximum atomic E-state index is 11.9. The van der Waals surface area contributed by atoms with E-state index in [-0.39, 0.29) is 11.4 Å². The topological polar surface area (TPSA) is 54.0 Å². The normalized spacial score (nSPS) is 11.0. The summed E-state index contributed by atoms with van der Waals surface area (Å²) >= 11 is 0. The van der Waals surface area contributed by atoms with Gasteiger partial charge in [-0.1, -0.05) is 6.92 Å². The van der Waals surface area contributed by atoms with Crippen LogP contribution in [0.5, 0.6) is 0 Å². The van der Waals surface area contributed by atoms with Crippen LogP contribution < -0.4 is 10.6 Å². The summed E-state index contributed by atoms with van der Waals surface area (Å²) in [6.45, 7) is 6.06. The molecule has 1 aromatic heterocycles. The molecule has 0 aliphatic rings. The van der Waals surface area contributed by atoms with E-state index in [0.717, 1.165) is 6.42 Å². The summed E-state index contributed by atoms with van der Waals surface area (Å²) in [6, 6.07) is 3.45. The highest BCUT2D eigenvalue weighted by molar-refractivity contribution is 5.95. The first kappa shape index (κ1) is 12.5. The van der Waals surface area contributed by atoms with Crippen molar-refractivity contribution in [3.8, 4) is 0 Å². The Bertz CT molecular complexity index is 374. The van der Waals surface area contributed by atoms with Gasteiger partial charge in [-0.3, -0.25) is 4.79 Å². The zero-order valence-electron chi connectivity index (χ0n) is 10.3. The predicted molar refractivity (Wildman–Crippen MR) is 65.6 cm³/mol. The van der Waals surface area contributed by atoms with Crippen molar-refractivity contribution >= 4 is 11.7 Å². The summed E-state index contributed by atoms with van der Waals surface area (Å²) in [5, 5.41) is 5.89. The van der Waals surface area contributed by atoms with Gasteiger partial charge in [0, 0.05) is 24.3 Å². The van der Waals surface area contributed by atoms with Crippen LogP contribution in [0.2, 0.25) is 0 Å². The zero-order chi connectivity index (χ0) is 12.2. The lowest BCUT2D eigenvalue weighted by atomic mass is 10.0. The Labute approximate surface area is 96.5 Å². The SMILES string of the molecule is CCC(C)(C)NC(=O)c1ccnc(NC)c1. The van der Waals surface area contributed by atoms with E-state index >= 15 is 0 Å². The lowest BCUT2D eigenvalue weighted by molar-refractivity contribution is 0.0911. The predicted octanol–water partition coefficient (Wildman–Crippen LogP) is 2.04. The van der Waals surface area contributed by atoms with Gasteiger partial charge in [0.25, 0.3) is 5.91 Å². The maximum absolute atomic E-state index is 11.9. The van der Waals surface area contributed by atoms with Gasteiger partial charge in [0.05, 0.1) is 0 Å². The van der Waals surface area contributed by atoms with Gasteiger partial charge in [-0.15, -0.1) is 0 Å². The Morgan fingerprint density at radius 1 is 1.50 bits per heavy atom. The summed E-state index contributed by atoms with van der Waals surface area (Å²) in [5.74, 6) is 0.632. The van der Waals surface area contributed by atoms with Crippen LogP contribution >= 0.6 is 0 Å². The lowest BCUT2D eigenvalue weighted by Gasteiger charge is -2.24. The van der Waals surface area contributed by atoms with Crippen LogP contribution in [-0.4, -0.2) is 23.5 Å². The number of anilines is 1. The number of carbonyl (C=O) groups is 1. The number of nitrogens with zero attached hydrogens (tertiary/aromatic N) is 1. The van der Waals surface area contributed by atoms with Gasteiger partial charge < -0.3 is 10.6 Å². The highest BCUT2D eigenvalue weighted by Gasteiger charge is 2.18. The molecule has 1 aromatic rings. The van der Waals surface area contributed by atoms with Gasteiger partial charge in [-0.2, -0.15) is 0 Å². The van der Waals surface area contributed by atoms with E-state index in [1.807, 2.05) is 20.8 Å². The summed E-state index contributed by atoms with van der Waals surface area (Å²) in [5.41, 5.74) is 0.445. The van der Waals surface area contributed by atoms with Crippen molar-refractivity contribution in [1.29, 1.82) is 0 Å². The number of nitrogens with one attached hydrogen (secondary N) is 2. The van der Waals surface area contributed by atoms with Crippen molar-refractivity contribution in [2.45, 2.75) is 32.7 Å². The lowest BCUT2D eigenvalue weighted by Crippen LogP contribution is -2.42. The van der Waals surface area contributed by atoms with Gasteiger partial charge in [0.15, 0.2) is 0 Å². The van der Waals surface area contributed by atoms with Crippen LogP contribution in [0, 0.1) is 0 Å². The average Bonchev–Trinajstić information content (AvgIpc) is 2.28. The molecule has 4 heteroatoms. The van der Waals surface area contributed by atoms with E-state index in [0.29, 0.717) is 11.4 Å². The van der Waals surface area contributed by atoms with Crippen LogP contribution in [0.25, 0.3) is 0 Å². The highest BCUT2D eigenvalue weighted by Crippen LogP contribution is 2.11. The number of rotatable bonds is 4. The minimum absolute atomic E-state index is 0.0641. The quantitative estimate of drug-likeness (QED) is 0.818. The first-order chi connectivity index (χ1) is 7.48. The van der Waals surface area contributed by atoms with Gasteiger partial charge >= 0.3 is 0 Å². The number of carbonyl (C=O) groups excluding carboxylic acids is 1. The standard InChI is InChI=1S/C12H19N3O/c1-5-12(2,3)15-11(16)9-6-7-14-10(8-9)13-4/h6-8H,5H2,1-4H3,(H,13,14)(H,15,16). The number of pyridine rings is 1. The van der Waals surface area contributed by atoms with Crippen LogP contribution in [0.15, 0.2) is 18.3 Å². The molecule has 0 saturated carbocycles. The molecule has 0 aromatic carbocycles. The third-order valence-electron chi connectivity index (χ3n) is 2.61. The Morgan fingerprint density at radius 3 is 2.75 bits per heavy atom. The molecule has 0 fully saturated rings. The van der Waals surface area contributed by atoms with Crippen LogP contribution in [0.3, 0.4) is 0 Å². The van der Waals surface area contributed by atoms with Crippen LogP contribution in [0.4, 0.5) is 5.82 Å². The molecule has 0 aliphatic heterocycles. The molecule has 0 spiro atoms. The van der Waals surface area contributed by atoms with E-state index in [1.54, 1.807) is 25.4 Å². The number of hydrogen-bond donors (Lipinski definition) is 2. The maximum Gasteiger partial charge on any atom is 0.251 e. The number of hydrogen-bond acceptors (Lipinski definition) is 3. The van der Waals surface area contributed by atoms with Crippen molar-refractivity contribution < 1.29 is 4.79 Å². The Kier molecular flexibility index (Phi) is 3.88. The summed E-state index contributed by atoms with van der Waals surface area (Å²) in [4.78, 5) is 16.0. The molecule has 0 saturated heterocycles. The fraction of sp³-hybridized carbons (Fsp3) is 0.500. The Morgan fingerprint density at radius 2 is 2.19 bits per heavy atom. The number of aromatic nitrogens is 1. The van der Waals surface area contributed by atoms with Gasteiger partial charge in [0.2, 0.25) is 0 Å². The van der Waals surface area contributed by atoms with Crippen LogP contribution in [0.1, 0.15) is 37.6 Å². The zero-order valence-corrected chi connectivity index (χ0v) is 10.3. The van der Waals surface area contributed by atoms with Gasteiger partial charge in [0.1, 0.15) is 5.82 Å². The second kappa shape index (κ2) is 4.96. The molecule has 1 amide bonds. The molecular formula is C12H19N3O. The smallest absolute Gasteiger partial charge is 0.251 e. The van der Waals surface area contributed by atoms with Gasteiger partial charge in [-0.05, 0) is 32.4 Å². The molecule has 0 atom stereocenters. The van der Waals surface area contributed by atoms with Crippen molar-refractivity contribution in [2.75, 3.05) is 12.4 Å². The third-order valence-corrected chi connectivity index (χ3v) is 2.61. The first-order valence-electron chi connectivity index (χ1n) is 5.45. The first-order valence-corrected chi connectivity index (χ1v) is 5.45. The molecule has 1 heterocycles. The van der Waals surface area contributed by atoms with E-state index < -0.39 is 0 Å². The van der Waals surface area contributed by atoms with E-state index in [2.05, 4.69) is 15.6 Å². The minimum atomic E-state index is -0.180. The van der Waals surface area contributed by atoms with Gasteiger partial charge in [-0.25, -0.2) is 4.98 Å². The number of amides is 1. The molecule has 1 rings (SSSR count). The molecule has 0 bridgehead atoms. The van der Waals surface area contributed by atoms with Crippen molar-refractivity contribution in [1.82, 2.24) is 10.3 Å². The summed E-state index contributed by atoms with van der Waals surface area (Å²) in [6.07, 6.45) is 2.52. The molecule has 0 aliphatic carbocycles. The minimum Gasteiger partial charge on any atom is -0.373 e.